The molecule has 1 saturated heterocycles. The number of hydrogen-bond donors (Lipinski definition) is 1. The van der Waals surface area contributed by atoms with Gasteiger partial charge in [0, 0.05) is 18.6 Å². The number of carbonyl (C=O) groups excluding carboxylic acids is 1. The van der Waals surface area contributed by atoms with Crippen LogP contribution in [0.3, 0.4) is 0 Å². The molecule has 1 heterocycles. The lowest BCUT2D eigenvalue weighted by Crippen LogP contribution is -2.62. The molecule has 2 unspecified atom stereocenters. The Kier molecular flexibility index (Phi) is 2.70. The third-order valence-corrected chi connectivity index (χ3v) is 8.42. The minimum absolute atomic E-state index is 0.170. The minimum Gasteiger partial charge on any atom is -0.390 e. The molecule has 7 rings (SSSR count). The van der Waals surface area contributed by atoms with Gasteiger partial charge in [-0.2, -0.15) is 0 Å². The summed E-state index contributed by atoms with van der Waals surface area (Å²) < 4.78 is 0. The SMILES string of the molecule is O=C1N(C2C3CC4CC2CC(O)(C4)C3)CC2(CCCC2)N1C1CC1. The summed E-state index contributed by atoms with van der Waals surface area (Å²) in [6.07, 6.45) is 12.9. The Labute approximate surface area is 144 Å². The highest BCUT2D eigenvalue weighted by molar-refractivity contribution is 5.79. The Morgan fingerprint density at radius 2 is 1.67 bits per heavy atom. The standard InChI is InChI=1S/C20H30N2O2/c23-18-21(12-19(5-1-2-6-19)22(18)16-3-4-16)17-14-7-13-8-15(17)11-20(24,9-13)10-14/h13-17,24H,1-12H2. The van der Waals surface area contributed by atoms with Crippen LogP contribution in [0.25, 0.3) is 0 Å². The van der Waals surface area contributed by atoms with Crippen LogP contribution >= 0.6 is 0 Å². The lowest BCUT2D eigenvalue weighted by Gasteiger charge is -2.59. The normalized spacial score (nSPS) is 49.0. The van der Waals surface area contributed by atoms with E-state index in [9.17, 15) is 9.90 Å². The fourth-order valence-electron chi connectivity index (χ4n) is 7.81. The molecule has 0 aromatic carbocycles. The van der Waals surface area contributed by atoms with Crippen LogP contribution in [-0.2, 0) is 0 Å². The number of rotatable bonds is 2. The summed E-state index contributed by atoms with van der Waals surface area (Å²) in [5.74, 6) is 1.84. The number of aliphatic hydroxyl groups is 1. The second-order valence-electron chi connectivity index (χ2n) is 10.1. The van der Waals surface area contributed by atoms with Crippen molar-refractivity contribution in [2.24, 2.45) is 17.8 Å². The van der Waals surface area contributed by atoms with Crippen molar-refractivity contribution in [3.8, 4) is 0 Å². The molecule has 7 aliphatic rings. The molecule has 132 valence electrons. The van der Waals surface area contributed by atoms with E-state index in [4.69, 9.17) is 0 Å². The van der Waals surface area contributed by atoms with E-state index in [1.807, 2.05) is 0 Å². The molecule has 1 aliphatic heterocycles. The molecule has 1 spiro atoms. The highest BCUT2D eigenvalue weighted by Crippen LogP contribution is 2.58. The van der Waals surface area contributed by atoms with Gasteiger partial charge in [-0.1, -0.05) is 12.8 Å². The second-order valence-corrected chi connectivity index (χ2v) is 10.1. The van der Waals surface area contributed by atoms with E-state index < -0.39 is 5.60 Å². The van der Waals surface area contributed by atoms with Gasteiger partial charge in [0.15, 0.2) is 0 Å². The first kappa shape index (κ1) is 14.4. The highest BCUT2D eigenvalue weighted by atomic mass is 16.3. The highest BCUT2D eigenvalue weighted by Gasteiger charge is 2.62. The van der Waals surface area contributed by atoms with Crippen LogP contribution in [0, 0.1) is 17.8 Å². The van der Waals surface area contributed by atoms with Crippen molar-refractivity contribution in [2.45, 2.75) is 93.9 Å². The van der Waals surface area contributed by atoms with Crippen LogP contribution in [0.2, 0.25) is 0 Å². The maximum Gasteiger partial charge on any atom is 0.321 e. The summed E-state index contributed by atoms with van der Waals surface area (Å²) in [5.41, 5.74) is -0.221. The van der Waals surface area contributed by atoms with Gasteiger partial charge in [-0.05, 0) is 75.5 Å². The monoisotopic (exact) mass is 330 g/mol. The zero-order valence-electron chi connectivity index (χ0n) is 14.6. The Balaban J connectivity index is 1.33. The third-order valence-electron chi connectivity index (χ3n) is 8.42. The van der Waals surface area contributed by atoms with Gasteiger partial charge in [-0.15, -0.1) is 0 Å². The summed E-state index contributed by atoms with van der Waals surface area (Å²) >= 11 is 0. The fourth-order valence-corrected chi connectivity index (χ4v) is 7.81. The van der Waals surface area contributed by atoms with Crippen molar-refractivity contribution in [1.82, 2.24) is 9.80 Å². The van der Waals surface area contributed by atoms with E-state index in [1.165, 1.54) is 51.4 Å². The van der Waals surface area contributed by atoms with Crippen molar-refractivity contribution >= 4 is 6.03 Å². The molecular formula is C20H30N2O2. The Hall–Kier alpha value is -0.770. The molecule has 0 radical (unpaired) electrons. The molecule has 2 atom stereocenters. The lowest BCUT2D eigenvalue weighted by atomic mass is 9.52. The van der Waals surface area contributed by atoms with E-state index in [0.29, 0.717) is 30.0 Å². The average Bonchev–Trinajstić information content (AvgIpc) is 3.15. The van der Waals surface area contributed by atoms with E-state index >= 15 is 0 Å². The van der Waals surface area contributed by atoms with Crippen molar-refractivity contribution < 1.29 is 9.90 Å². The molecule has 6 saturated carbocycles. The smallest absolute Gasteiger partial charge is 0.321 e. The number of hydrogen-bond acceptors (Lipinski definition) is 2. The molecule has 0 aromatic rings. The first-order chi connectivity index (χ1) is 11.6. The summed E-state index contributed by atoms with van der Waals surface area (Å²) in [6.45, 7) is 0.989. The molecular weight excluding hydrogens is 300 g/mol. The molecule has 0 aromatic heterocycles. The summed E-state index contributed by atoms with van der Waals surface area (Å²) in [6, 6.07) is 1.33. The number of nitrogens with zero attached hydrogens (tertiary/aromatic N) is 2. The van der Waals surface area contributed by atoms with Gasteiger partial charge in [0.25, 0.3) is 0 Å². The van der Waals surface area contributed by atoms with Crippen LogP contribution in [0.5, 0.6) is 0 Å². The fraction of sp³-hybridized carbons (Fsp3) is 0.950. The van der Waals surface area contributed by atoms with Crippen LogP contribution in [0.4, 0.5) is 4.79 Å². The maximum atomic E-state index is 13.4. The van der Waals surface area contributed by atoms with Gasteiger partial charge in [-0.25, -0.2) is 4.79 Å². The Bertz CT molecular complexity index is 564. The van der Waals surface area contributed by atoms with Crippen molar-refractivity contribution in [3.63, 3.8) is 0 Å². The minimum atomic E-state index is -0.392. The van der Waals surface area contributed by atoms with Gasteiger partial charge >= 0.3 is 6.03 Å². The third kappa shape index (κ3) is 1.81. The van der Waals surface area contributed by atoms with Gasteiger partial charge in [0.2, 0.25) is 0 Å². The van der Waals surface area contributed by atoms with Crippen LogP contribution in [0.1, 0.15) is 70.6 Å². The van der Waals surface area contributed by atoms with Crippen molar-refractivity contribution in [1.29, 1.82) is 0 Å². The summed E-state index contributed by atoms with van der Waals surface area (Å²) in [5, 5.41) is 10.9. The van der Waals surface area contributed by atoms with Crippen molar-refractivity contribution in [3.05, 3.63) is 0 Å². The van der Waals surface area contributed by atoms with Gasteiger partial charge in [0.1, 0.15) is 0 Å². The van der Waals surface area contributed by atoms with Crippen LogP contribution < -0.4 is 0 Å². The topological polar surface area (TPSA) is 43.8 Å². The van der Waals surface area contributed by atoms with Gasteiger partial charge < -0.3 is 14.9 Å². The molecule has 4 bridgehead atoms. The largest absolute Gasteiger partial charge is 0.390 e. The van der Waals surface area contributed by atoms with Crippen molar-refractivity contribution in [2.75, 3.05) is 6.54 Å². The van der Waals surface area contributed by atoms with Crippen LogP contribution in [-0.4, -0.2) is 50.7 Å². The lowest BCUT2D eigenvalue weighted by molar-refractivity contribution is -0.152. The summed E-state index contributed by atoms with van der Waals surface area (Å²) in [4.78, 5) is 18.1. The van der Waals surface area contributed by atoms with E-state index in [1.54, 1.807) is 0 Å². The molecule has 2 amide bonds. The first-order valence-corrected chi connectivity index (χ1v) is 10.4. The maximum absolute atomic E-state index is 13.4. The Morgan fingerprint density at radius 1 is 1.00 bits per heavy atom. The molecule has 24 heavy (non-hydrogen) atoms. The number of urea groups is 1. The van der Waals surface area contributed by atoms with Gasteiger partial charge in [-0.3, -0.25) is 0 Å². The Morgan fingerprint density at radius 3 is 2.25 bits per heavy atom. The predicted molar refractivity (Wildman–Crippen MR) is 90.5 cm³/mol. The van der Waals surface area contributed by atoms with E-state index in [2.05, 4.69) is 9.80 Å². The van der Waals surface area contributed by atoms with Gasteiger partial charge in [0.05, 0.1) is 11.1 Å². The van der Waals surface area contributed by atoms with E-state index in [-0.39, 0.29) is 5.54 Å². The number of amides is 2. The molecule has 6 aliphatic carbocycles. The molecule has 1 N–H and O–H groups in total. The molecule has 7 fully saturated rings. The number of carbonyl (C=O) groups is 1. The van der Waals surface area contributed by atoms with E-state index in [0.717, 1.165) is 31.7 Å². The average molecular weight is 330 g/mol. The first-order valence-electron chi connectivity index (χ1n) is 10.4. The quantitative estimate of drug-likeness (QED) is 0.845. The predicted octanol–water partition coefficient (Wildman–Crippen LogP) is 3.14. The van der Waals surface area contributed by atoms with Crippen LogP contribution in [0.15, 0.2) is 0 Å². The summed E-state index contributed by atoms with van der Waals surface area (Å²) in [7, 11) is 0. The zero-order chi connectivity index (χ0) is 16.1. The molecule has 4 heteroatoms. The molecule has 4 nitrogen and oxygen atoms in total. The second kappa shape index (κ2) is 4.49. The zero-order valence-corrected chi connectivity index (χ0v) is 14.6.